The lowest BCUT2D eigenvalue weighted by molar-refractivity contribution is 0.192. The molecule has 1 aliphatic heterocycles. The van der Waals surface area contributed by atoms with E-state index >= 15 is 0 Å². The quantitative estimate of drug-likeness (QED) is 0.851. The second-order valence-corrected chi connectivity index (χ2v) is 7.15. The predicted octanol–water partition coefficient (Wildman–Crippen LogP) is 3.13. The van der Waals surface area contributed by atoms with Gasteiger partial charge in [0.05, 0.1) is 11.2 Å². The van der Waals surface area contributed by atoms with Gasteiger partial charge in [-0.15, -0.1) is 11.3 Å². The van der Waals surface area contributed by atoms with E-state index < -0.39 is 0 Å². The summed E-state index contributed by atoms with van der Waals surface area (Å²) in [6.07, 6.45) is 9.50. The van der Waals surface area contributed by atoms with Crippen LogP contribution >= 0.6 is 11.3 Å². The van der Waals surface area contributed by atoms with E-state index in [1.807, 2.05) is 11.7 Å². The zero-order valence-corrected chi connectivity index (χ0v) is 13.1. The highest BCUT2D eigenvalue weighted by Crippen LogP contribution is 2.33. The molecule has 21 heavy (non-hydrogen) atoms. The Morgan fingerprint density at radius 2 is 2.19 bits per heavy atom. The van der Waals surface area contributed by atoms with Crippen molar-refractivity contribution < 1.29 is 0 Å². The molecule has 2 aromatic heterocycles. The van der Waals surface area contributed by atoms with Gasteiger partial charge in [0.1, 0.15) is 5.82 Å². The average Bonchev–Trinajstić information content (AvgIpc) is 2.98. The zero-order valence-electron chi connectivity index (χ0n) is 12.3. The van der Waals surface area contributed by atoms with E-state index in [1.54, 1.807) is 11.3 Å². The minimum absolute atomic E-state index is 0.589. The lowest BCUT2D eigenvalue weighted by Crippen LogP contribution is -2.35. The van der Waals surface area contributed by atoms with Gasteiger partial charge < -0.3 is 4.57 Å². The smallest absolute Gasteiger partial charge is 0.113 e. The Balaban J connectivity index is 1.43. The SMILES string of the molecule is c1cn(CC2CC2)c([C@@H]2CCCN(Cc3cscn3)C2)n1. The van der Waals surface area contributed by atoms with Gasteiger partial charge in [-0.25, -0.2) is 9.97 Å². The Morgan fingerprint density at radius 1 is 1.24 bits per heavy atom. The van der Waals surface area contributed by atoms with Crippen molar-refractivity contribution in [1.29, 1.82) is 0 Å². The first-order chi connectivity index (χ1) is 10.4. The molecule has 0 aromatic carbocycles. The van der Waals surface area contributed by atoms with Crippen molar-refractivity contribution in [2.24, 2.45) is 5.92 Å². The maximum Gasteiger partial charge on any atom is 0.113 e. The summed E-state index contributed by atoms with van der Waals surface area (Å²) in [5.41, 5.74) is 3.14. The van der Waals surface area contributed by atoms with Crippen LogP contribution < -0.4 is 0 Å². The van der Waals surface area contributed by atoms with Gasteiger partial charge in [-0.3, -0.25) is 4.90 Å². The van der Waals surface area contributed by atoms with Crippen LogP contribution in [0.2, 0.25) is 0 Å². The van der Waals surface area contributed by atoms with Gasteiger partial charge in [-0.05, 0) is 38.1 Å². The highest BCUT2D eigenvalue weighted by atomic mass is 32.1. The number of rotatable bonds is 5. The minimum atomic E-state index is 0.589. The Hall–Kier alpha value is -1.20. The summed E-state index contributed by atoms with van der Waals surface area (Å²) in [7, 11) is 0. The molecule has 0 spiro atoms. The molecule has 0 unspecified atom stereocenters. The lowest BCUT2D eigenvalue weighted by Gasteiger charge is -2.32. The molecular formula is C16H22N4S. The van der Waals surface area contributed by atoms with Crippen molar-refractivity contribution >= 4 is 11.3 Å². The fourth-order valence-corrected chi connectivity index (χ4v) is 3.92. The third-order valence-electron chi connectivity index (χ3n) is 4.64. The molecule has 112 valence electrons. The molecule has 1 saturated carbocycles. The molecule has 4 nitrogen and oxygen atoms in total. The van der Waals surface area contributed by atoms with Crippen LogP contribution in [0.15, 0.2) is 23.3 Å². The van der Waals surface area contributed by atoms with Crippen LogP contribution in [0, 0.1) is 5.92 Å². The molecule has 0 N–H and O–H groups in total. The Morgan fingerprint density at radius 3 is 3.00 bits per heavy atom. The molecule has 2 fully saturated rings. The van der Waals surface area contributed by atoms with E-state index in [2.05, 4.69) is 31.0 Å². The van der Waals surface area contributed by atoms with Crippen molar-refractivity contribution in [3.05, 3.63) is 34.8 Å². The lowest BCUT2D eigenvalue weighted by atomic mass is 9.97. The zero-order chi connectivity index (χ0) is 14.1. The molecule has 2 aliphatic rings. The van der Waals surface area contributed by atoms with Crippen molar-refractivity contribution in [3.8, 4) is 0 Å². The standard InChI is InChI=1S/C16H22N4S/c1-2-14(9-19(6-1)10-15-11-21-12-18-15)16-17-5-7-20(16)8-13-3-4-13/h5,7,11-14H,1-4,6,8-10H2/t14-/m1/s1. The van der Waals surface area contributed by atoms with E-state index in [0.717, 1.165) is 19.0 Å². The largest absolute Gasteiger partial charge is 0.334 e. The summed E-state index contributed by atoms with van der Waals surface area (Å²) >= 11 is 1.69. The van der Waals surface area contributed by atoms with Gasteiger partial charge >= 0.3 is 0 Å². The number of aromatic nitrogens is 3. The molecular weight excluding hydrogens is 280 g/mol. The van der Waals surface area contributed by atoms with Gasteiger partial charge in [0.25, 0.3) is 0 Å². The van der Waals surface area contributed by atoms with Crippen LogP contribution in [0.5, 0.6) is 0 Å². The van der Waals surface area contributed by atoms with Crippen LogP contribution in [-0.4, -0.2) is 32.5 Å². The summed E-state index contributed by atoms with van der Waals surface area (Å²) in [5.74, 6) is 2.81. The van der Waals surface area contributed by atoms with Crippen molar-refractivity contribution in [2.75, 3.05) is 13.1 Å². The first kappa shape index (κ1) is 13.5. The summed E-state index contributed by atoms with van der Waals surface area (Å²) < 4.78 is 2.41. The summed E-state index contributed by atoms with van der Waals surface area (Å²) in [4.78, 5) is 11.6. The fraction of sp³-hybridized carbons (Fsp3) is 0.625. The van der Waals surface area contributed by atoms with Crippen molar-refractivity contribution in [3.63, 3.8) is 0 Å². The maximum absolute atomic E-state index is 4.67. The van der Waals surface area contributed by atoms with Gasteiger partial charge in [-0.1, -0.05) is 0 Å². The first-order valence-corrected chi connectivity index (χ1v) is 8.93. The van der Waals surface area contributed by atoms with Crippen LogP contribution in [0.25, 0.3) is 0 Å². The monoisotopic (exact) mass is 302 g/mol. The van der Waals surface area contributed by atoms with Crippen molar-refractivity contribution in [2.45, 2.75) is 44.7 Å². The Bertz CT molecular complexity index is 573. The van der Waals surface area contributed by atoms with Gasteiger partial charge in [0, 0.05) is 43.3 Å². The molecule has 1 atom stereocenters. The molecule has 0 amide bonds. The molecule has 1 aliphatic carbocycles. The van der Waals surface area contributed by atoms with E-state index in [4.69, 9.17) is 0 Å². The number of likely N-dealkylation sites (tertiary alicyclic amines) is 1. The molecule has 0 bridgehead atoms. The first-order valence-electron chi connectivity index (χ1n) is 7.99. The minimum Gasteiger partial charge on any atom is -0.334 e. The number of hydrogen-bond acceptors (Lipinski definition) is 4. The van der Waals surface area contributed by atoms with E-state index in [0.29, 0.717) is 5.92 Å². The van der Waals surface area contributed by atoms with Crippen molar-refractivity contribution in [1.82, 2.24) is 19.4 Å². The van der Waals surface area contributed by atoms with Crippen LogP contribution in [0.4, 0.5) is 0 Å². The molecule has 2 aromatic rings. The van der Waals surface area contributed by atoms with Crippen LogP contribution in [-0.2, 0) is 13.1 Å². The second kappa shape index (κ2) is 5.89. The van der Waals surface area contributed by atoms with Gasteiger partial charge in [0.2, 0.25) is 0 Å². The van der Waals surface area contributed by atoms with E-state index in [9.17, 15) is 0 Å². The third-order valence-corrected chi connectivity index (χ3v) is 5.27. The topological polar surface area (TPSA) is 34.0 Å². The number of hydrogen-bond donors (Lipinski definition) is 0. The van der Waals surface area contributed by atoms with E-state index in [1.165, 1.54) is 50.3 Å². The fourth-order valence-electron chi connectivity index (χ4n) is 3.37. The Kier molecular flexibility index (Phi) is 3.78. The number of nitrogens with zero attached hydrogens (tertiary/aromatic N) is 4. The maximum atomic E-state index is 4.67. The highest BCUT2D eigenvalue weighted by Gasteiger charge is 2.27. The molecule has 5 heteroatoms. The number of thiazole rings is 1. The highest BCUT2D eigenvalue weighted by molar-refractivity contribution is 7.07. The van der Waals surface area contributed by atoms with Gasteiger partial charge in [-0.2, -0.15) is 0 Å². The van der Waals surface area contributed by atoms with Crippen LogP contribution in [0.1, 0.15) is 43.1 Å². The third kappa shape index (κ3) is 3.19. The predicted molar refractivity (Wildman–Crippen MR) is 84.3 cm³/mol. The molecule has 1 saturated heterocycles. The normalized spacial score (nSPS) is 23.5. The average molecular weight is 302 g/mol. The molecule has 4 rings (SSSR count). The second-order valence-electron chi connectivity index (χ2n) is 6.44. The summed E-state index contributed by atoms with van der Waals surface area (Å²) in [6.45, 7) is 4.48. The molecule has 0 radical (unpaired) electrons. The summed E-state index contributed by atoms with van der Waals surface area (Å²) in [6, 6.07) is 0. The number of piperidine rings is 1. The summed E-state index contributed by atoms with van der Waals surface area (Å²) in [5, 5.41) is 2.16. The van der Waals surface area contributed by atoms with Crippen LogP contribution in [0.3, 0.4) is 0 Å². The van der Waals surface area contributed by atoms with Gasteiger partial charge in [0.15, 0.2) is 0 Å². The number of imidazole rings is 1. The Labute approximate surface area is 129 Å². The molecule has 3 heterocycles. The van der Waals surface area contributed by atoms with E-state index in [-0.39, 0.29) is 0 Å².